The second-order valence-electron chi connectivity index (χ2n) is 5.21. The molecule has 0 aliphatic rings. The molecule has 2 N–H and O–H groups in total. The van der Waals surface area contributed by atoms with E-state index >= 15 is 0 Å². The maximum absolute atomic E-state index is 12.0. The van der Waals surface area contributed by atoms with Crippen molar-refractivity contribution in [1.29, 1.82) is 0 Å². The molecule has 2 aromatic heterocycles. The second-order valence-corrected chi connectivity index (χ2v) is 7.15. The molecule has 0 bridgehead atoms. The zero-order chi connectivity index (χ0) is 17.7. The van der Waals surface area contributed by atoms with Crippen molar-refractivity contribution in [2.75, 3.05) is 6.26 Å². The Bertz CT molecular complexity index is 736. The first-order valence-corrected chi connectivity index (χ1v) is 9.41. The minimum atomic E-state index is -0.947. The summed E-state index contributed by atoms with van der Waals surface area (Å²) < 4.78 is 0. The van der Waals surface area contributed by atoms with E-state index in [1.165, 1.54) is 23.1 Å². The van der Waals surface area contributed by atoms with E-state index in [0.29, 0.717) is 19.4 Å². The molecule has 2 aromatic rings. The summed E-state index contributed by atoms with van der Waals surface area (Å²) >= 11 is 2.67. The standard InChI is InChI=1S/C16H19N3O3S2/c1-9-12(10(2)19-16(18-9)23-3)5-7-14(20)17-8-11-4-6-13(24-11)15(21)22/h4,6H,5,7-8H2,1-3H3,(H,17,20)(H,21,22). The van der Waals surface area contributed by atoms with Gasteiger partial charge in [-0.25, -0.2) is 14.8 Å². The quantitative estimate of drug-likeness (QED) is 0.579. The molecule has 1 amide bonds. The van der Waals surface area contributed by atoms with E-state index in [1.807, 2.05) is 20.1 Å². The summed E-state index contributed by atoms with van der Waals surface area (Å²) in [5.74, 6) is -1.02. The van der Waals surface area contributed by atoms with E-state index in [-0.39, 0.29) is 10.8 Å². The summed E-state index contributed by atoms with van der Waals surface area (Å²) in [4.78, 5) is 32.8. The average molecular weight is 365 g/mol. The third kappa shape index (κ3) is 4.78. The van der Waals surface area contributed by atoms with E-state index < -0.39 is 5.97 Å². The van der Waals surface area contributed by atoms with E-state index in [2.05, 4.69) is 15.3 Å². The van der Waals surface area contributed by atoms with Crippen LogP contribution in [-0.4, -0.2) is 33.2 Å². The Morgan fingerprint density at radius 3 is 2.46 bits per heavy atom. The summed E-state index contributed by atoms with van der Waals surface area (Å²) in [6.45, 7) is 4.21. The number of aromatic nitrogens is 2. The van der Waals surface area contributed by atoms with E-state index in [4.69, 9.17) is 5.11 Å². The highest BCUT2D eigenvalue weighted by Crippen LogP contribution is 2.18. The summed E-state index contributed by atoms with van der Waals surface area (Å²) in [7, 11) is 0. The van der Waals surface area contributed by atoms with Gasteiger partial charge < -0.3 is 10.4 Å². The third-order valence-corrected chi connectivity index (χ3v) is 5.14. The Balaban J connectivity index is 1.88. The molecular formula is C16H19N3O3S2. The van der Waals surface area contributed by atoms with Crippen molar-refractivity contribution in [1.82, 2.24) is 15.3 Å². The van der Waals surface area contributed by atoms with Crippen LogP contribution in [0.25, 0.3) is 0 Å². The minimum Gasteiger partial charge on any atom is -0.477 e. The number of hydrogen-bond acceptors (Lipinski definition) is 6. The maximum atomic E-state index is 12.0. The smallest absolute Gasteiger partial charge is 0.345 e. The molecule has 0 atom stereocenters. The first-order valence-electron chi connectivity index (χ1n) is 7.37. The highest BCUT2D eigenvalue weighted by molar-refractivity contribution is 7.98. The van der Waals surface area contributed by atoms with Crippen LogP contribution in [0.3, 0.4) is 0 Å². The molecule has 0 saturated carbocycles. The fourth-order valence-corrected chi connectivity index (χ4v) is 3.50. The summed E-state index contributed by atoms with van der Waals surface area (Å²) in [6, 6.07) is 3.27. The highest BCUT2D eigenvalue weighted by atomic mass is 32.2. The van der Waals surface area contributed by atoms with Crippen LogP contribution in [0, 0.1) is 13.8 Å². The number of nitrogens with one attached hydrogen (secondary N) is 1. The van der Waals surface area contributed by atoms with Crippen LogP contribution in [0.2, 0.25) is 0 Å². The normalized spacial score (nSPS) is 10.6. The zero-order valence-electron chi connectivity index (χ0n) is 13.8. The highest BCUT2D eigenvalue weighted by Gasteiger charge is 2.11. The van der Waals surface area contributed by atoms with Crippen molar-refractivity contribution in [3.05, 3.63) is 38.8 Å². The van der Waals surface area contributed by atoms with Crippen LogP contribution in [0.4, 0.5) is 0 Å². The topological polar surface area (TPSA) is 92.2 Å². The third-order valence-electron chi connectivity index (χ3n) is 3.52. The van der Waals surface area contributed by atoms with Crippen molar-refractivity contribution in [3.8, 4) is 0 Å². The summed E-state index contributed by atoms with van der Waals surface area (Å²) in [5.41, 5.74) is 2.82. The lowest BCUT2D eigenvalue weighted by Crippen LogP contribution is -2.22. The molecule has 6 nitrogen and oxygen atoms in total. The fraction of sp³-hybridized carbons (Fsp3) is 0.375. The molecular weight excluding hydrogens is 346 g/mol. The number of thioether (sulfide) groups is 1. The van der Waals surface area contributed by atoms with Crippen molar-refractivity contribution < 1.29 is 14.7 Å². The number of nitrogens with zero attached hydrogens (tertiary/aromatic N) is 2. The van der Waals surface area contributed by atoms with Crippen molar-refractivity contribution in [2.24, 2.45) is 0 Å². The Labute approximate surface area is 148 Å². The van der Waals surface area contributed by atoms with Crippen LogP contribution in [0.1, 0.15) is 37.9 Å². The molecule has 2 heterocycles. The Morgan fingerprint density at radius 2 is 1.92 bits per heavy atom. The van der Waals surface area contributed by atoms with Gasteiger partial charge in [-0.15, -0.1) is 11.3 Å². The molecule has 128 valence electrons. The predicted octanol–water partition coefficient (Wildman–Crippen LogP) is 2.82. The number of rotatable bonds is 7. The van der Waals surface area contributed by atoms with Gasteiger partial charge in [0.2, 0.25) is 5.91 Å². The van der Waals surface area contributed by atoms with Gasteiger partial charge in [0.25, 0.3) is 0 Å². The van der Waals surface area contributed by atoms with Crippen LogP contribution in [0.15, 0.2) is 17.3 Å². The van der Waals surface area contributed by atoms with Gasteiger partial charge in [-0.2, -0.15) is 0 Å². The SMILES string of the molecule is CSc1nc(C)c(CCC(=O)NCc2ccc(C(=O)O)s2)c(C)n1. The minimum absolute atomic E-state index is 0.0759. The van der Waals surface area contributed by atoms with Gasteiger partial charge in [-0.3, -0.25) is 4.79 Å². The van der Waals surface area contributed by atoms with Gasteiger partial charge in [-0.1, -0.05) is 11.8 Å². The molecule has 2 rings (SSSR count). The Hall–Kier alpha value is -1.93. The number of aromatic carboxylic acids is 1. The predicted molar refractivity (Wildman–Crippen MR) is 94.7 cm³/mol. The van der Waals surface area contributed by atoms with Crippen LogP contribution in [-0.2, 0) is 17.8 Å². The number of aryl methyl sites for hydroxylation is 2. The maximum Gasteiger partial charge on any atom is 0.345 e. The van der Waals surface area contributed by atoms with Crippen molar-refractivity contribution in [3.63, 3.8) is 0 Å². The Morgan fingerprint density at radius 1 is 1.25 bits per heavy atom. The lowest BCUT2D eigenvalue weighted by Gasteiger charge is -2.10. The average Bonchev–Trinajstić information content (AvgIpc) is 3.01. The number of amides is 1. The largest absolute Gasteiger partial charge is 0.477 e. The van der Waals surface area contributed by atoms with Gasteiger partial charge in [0, 0.05) is 22.7 Å². The zero-order valence-corrected chi connectivity index (χ0v) is 15.4. The molecule has 0 saturated heterocycles. The molecule has 0 radical (unpaired) electrons. The van der Waals surface area contributed by atoms with Crippen LogP contribution >= 0.6 is 23.1 Å². The molecule has 8 heteroatoms. The molecule has 0 aliphatic heterocycles. The number of carbonyl (C=O) groups excluding carboxylic acids is 1. The van der Waals surface area contributed by atoms with Crippen LogP contribution in [0.5, 0.6) is 0 Å². The van der Waals surface area contributed by atoms with Crippen molar-refractivity contribution in [2.45, 2.75) is 38.4 Å². The first kappa shape index (κ1) is 18.4. The lowest BCUT2D eigenvalue weighted by molar-refractivity contribution is -0.121. The number of carboxylic acid groups (broad SMARTS) is 1. The fourth-order valence-electron chi connectivity index (χ4n) is 2.26. The van der Waals surface area contributed by atoms with Gasteiger partial charge in [0.15, 0.2) is 5.16 Å². The molecule has 0 aromatic carbocycles. The number of hydrogen-bond donors (Lipinski definition) is 2. The number of carbonyl (C=O) groups is 2. The first-order chi connectivity index (χ1) is 11.4. The summed E-state index contributed by atoms with van der Waals surface area (Å²) in [5, 5.41) is 12.4. The van der Waals surface area contributed by atoms with E-state index in [9.17, 15) is 9.59 Å². The second kappa shape index (κ2) is 8.25. The molecule has 24 heavy (non-hydrogen) atoms. The monoisotopic (exact) mass is 365 g/mol. The molecule has 0 fully saturated rings. The van der Waals surface area contributed by atoms with Gasteiger partial charge in [0.1, 0.15) is 4.88 Å². The van der Waals surface area contributed by atoms with Gasteiger partial charge in [0.05, 0.1) is 6.54 Å². The van der Waals surface area contributed by atoms with E-state index in [0.717, 1.165) is 27.0 Å². The van der Waals surface area contributed by atoms with Gasteiger partial charge in [-0.05, 0) is 44.2 Å². The lowest BCUT2D eigenvalue weighted by atomic mass is 10.1. The van der Waals surface area contributed by atoms with Gasteiger partial charge >= 0.3 is 5.97 Å². The summed E-state index contributed by atoms with van der Waals surface area (Å²) in [6.07, 6.45) is 2.87. The van der Waals surface area contributed by atoms with Crippen molar-refractivity contribution >= 4 is 35.0 Å². The molecule has 0 aliphatic carbocycles. The van der Waals surface area contributed by atoms with Crippen LogP contribution < -0.4 is 5.32 Å². The number of thiophene rings is 1. The number of carboxylic acids is 1. The van der Waals surface area contributed by atoms with E-state index in [1.54, 1.807) is 12.1 Å². The molecule has 0 unspecified atom stereocenters. The Kier molecular flexibility index (Phi) is 6.33. The molecule has 0 spiro atoms.